The maximum Gasteiger partial charge on any atom is 0.101 e. The van der Waals surface area contributed by atoms with E-state index in [-0.39, 0.29) is 10.3 Å². The molecule has 1 atom stereocenters. The average molecular weight is 343 g/mol. The van der Waals surface area contributed by atoms with Gasteiger partial charge >= 0.3 is 0 Å². The van der Waals surface area contributed by atoms with Crippen molar-refractivity contribution in [3.05, 3.63) is 83.9 Å². The van der Waals surface area contributed by atoms with Crippen LogP contribution in [-0.4, -0.2) is 11.9 Å². The third-order valence-corrected chi connectivity index (χ3v) is 7.97. The van der Waals surface area contributed by atoms with Crippen LogP contribution >= 0.6 is 11.8 Å². The molecule has 3 aromatic rings. The largest absolute Gasteiger partial charge is 0.358 e. The number of thioether (sulfide) groups is 1. The lowest BCUT2D eigenvalue weighted by molar-refractivity contribution is 0.427. The second-order valence-corrected chi connectivity index (χ2v) is 8.77. The van der Waals surface area contributed by atoms with Crippen LogP contribution in [0.25, 0.3) is 11.1 Å². The Morgan fingerprint density at radius 3 is 1.84 bits per heavy atom. The van der Waals surface area contributed by atoms with Gasteiger partial charge in [-0.1, -0.05) is 72.4 Å². The second kappa shape index (κ2) is 4.92. The molecule has 25 heavy (non-hydrogen) atoms. The molecule has 124 valence electrons. The van der Waals surface area contributed by atoms with E-state index in [1.165, 1.54) is 32.8 Å². The fourth-order valence-electron chi connectivity index (χ4n) is 4.72. The number of nitrogens with zero attached hydrogens (tertiary/aromatic N) is 1. The minimum absolute atomic E-state index is 0.0839. The highest BCUT2D eigenvalue weighted by molar-refractivity contribution is 8.01. The Kier molecular flexibility index (Phi) is 2.97. The van der Waals surface area contributed by atoms with Gasteiger partial charge in [-0.25, -0.2) is 0 Å². The second-order valence-electron chi connectivity index (χ2n) is 7.33. The number of likely N-dealkylation sites (N-methyl/N-ethyl adjacent to an activating group) is 1. The lowest BCUT2D eigenvalue weighted by Crippen LogP contribution is -2.53. The fraction of sp³-hybridized carbons (Fsp3) is 0.217. The van der Waals surface area contributed by atoms with Crippen LogP contribution in [0.5, 0.6) is 0 Å². The molecule has 0 saturated heterocycles. The van der Waals surface area contributed by atoms with Crippen molar-refractivity contribution in [2.75, 3.05) is 11.9 Å². The fourth-order valence-corrected chi connectivity index (χ4v) is 6.27. The summed E-state index contributed by atoms with van der Waals surface area (Å²) in [6, 6.07) is 26.6. The van der Waals surface area contributed by atoms with E-state index < -0.39 is 0 Å². The zero-order valence-corrected chi connectivity index (χ0v) is 15.6. The van der Waals surface area contributed by atoms with Crippen molar-refractivity contribution in [3.8, 4) is 11.1 Å². The molecule has 5 rings (SSSR count). The van der Waals surface area contributed by atoms with Crippen LogP contribution in [-0.2, 0) is 5.41 Å². The van der Waals surface area contributed by atoms with Gasteiger partial charge < -0.3 is 4.90 Å². The molecule has 2 aliphatic rings. The summed E-state index contributed by atoms with van der Waals surface area (Å²) < 4.78 is 0. The van der Waals surface area contributed by atoms with E-state index in [0.717, 1.165) is 0 Å². The molecule has 3 aromatic carbocycles. The van der Waals surface area contributed by atoms with Crippen LogP contribution in [0.2, 0.25) is 0 Å². The van der Waals surface area contributed by atoms with E-state index in [4.69, 9.17) is 0 Å². The summed E-state index contributed by atoms with van der Waals surface area (Å²) in [5, 5.41) is 0. The Bertz CT molecular complexity index is 947. The Morgan fingerprint density at radius 1 is 0.720 bits per heavy atom. The highest BCUT2D eigenvalue weighted by Gasteiger charge is 2.57. The number of anilines is 1. The smallest absolute Gasteiger partial charge is 0.101 e. The van der Waals surface area contributed by atoms with Gasteiger partial charge in [0, 0.05) is 11.9 Å². The molecule has 0 aromatic heterocycles. The maximum atomic E-state index is 2.48. The van der Waals surface area contributed by atoms with Crippen LogP contribution in [0.4, 0.5) is 5.69 Å². The summed E-state index contributed by atoms with van der Waals surface area (Å²) in [7, 11) is 2.24. The van der Waals surface area contributed by atoms with Crippen molar-refractivity contribution in [2.24, 2.45) is 0 Å². The molecule has 1 unspecified atom stereocenters. The normalized spacial score (nSPS) is 22.4. The van der Waals surface area contributed by atoms with Gasteiger partial charge in [0.1, 0.15) is 4.87 Å². The van der Waals surface area contributed by atoms with Gasteiger partial charge in [0.25, 0.3) is 0 Å². The predicted octanol–water partition coefficient (Wildman–Crippen LogP) is 5.93. The van der Waals surface area contributed by atoms with Crippen molar-refractivity contribution in [2.45, 2.75) is 29.0 Å². The maximum absolute atomic E-state index is 2.48. The first-order valence-corrected chi connectivity index (χ1v) is 9.60. The standard InChI is InChI=1S/C23H21NS/c1-22(23(2)24(3)20-14-8-9-15-21(20)25-23)18-12-6-4-10-16(18)17-11-5-7-13-19(17)22/h4-15H,1-3H3. The Morgan fingerprint density at radius 2 is 1.24 bits per heavy atom. The SMILES string of the molecule is CN1c2ccccc2SC1(C)C1(C)c2ccccc2-c2ccccc21. The van der Waals surface area contributed by atoms with Gasteiger partial charge in [-0.3, -0.25) is 0 Å². The van der Waals surface area contributed by atoms with E-state index in [1.54, 1.807) is 0 Å². The molecule has 1 aliphatic carbocycles. The van der Waals surface area contributed by atoms with Crippen molar-refractivity contribution in [1.29, 1.82) is 0 Å². The van der Waals surface area contributed by atoms with Crippen molar-refractivity contribution in [1.82, 2.24) is 0 Å². The quantitative estimate of drug-likeness (QED) is 0.538. The van der Waals surface area contributed by atoms with E-state index in [1.807, 2.05) is 11.8 Å². The first kappa shape index (κ1) is 15.1. The number of fused-ring (bicyclic) bond motifs is 4. The first-order valence-electron chi connectivity index (χ1n) is 8.78. The van der Waals surface area contributed by atoms with E-state index >= 15 is 0 Å². The lowest BCUT2D eigenvalue weighted by atomic mass is 9.73. The van der Waals surface area contributed by atoms with Crippen molar-refractivity contribution in [3.63, 3.8) is 0 Å². The Hall–Kier alpha value is -2.19. The average Bonchev–Trinajstić information content (AvgIpc) is 3.08. The molecule has 0 spiro atoms. The lowest BCUT2D eigenvalue weighted by Gasteiger charge is -2.47. The van der Waals surface area contributed by atoms with Gasteiger partial charge in [-0.05, 0) is 48.2 Å². The Balaban J connectivity index is 1.80. The molecule has 0 fully saturated rings. The van der Waals surface area contributed by atoms with E-state index in [2.05, 4.69) is 98.6 Å². The van der Waals surface area contributed by atoms with E-state index in [0.29, 0.717) is 0 Å². The third-order valence-electron chi connectivity index (χ3n) is 6.32. The van der Waals surface area contributed by atoms with Gasteiger partial charge in [-0.2, -0.15) is 0 Å². The van der Waals surface area contributed by atoms with Crippen LogP contribution in [0.1, 0.15) is 25.0 Å². The van der Waals surface area contributed by atoms with Crippen LogP contribution in [0, 0.1) is 0 Å². The minimum atomic E-state index is -0.0847. The predicted molar refractivity (Wildman–Crippen MR) is 107 cm³/mol. The minimum Gasteiger partial charge on any atom is -0.358 e. The number of hydrogen-bond acceptors (Lipinski definition) is 2. The van der Waals surface area contributed by atoms with Gasteiger partial charge in [0.05, 0.1) is 11.1 Å². The molecule has 0 bridgehead atoms. The number of benzene rings is 3. The van der Waals surface area contributed by atoms with Gasteiger partial charge in [-0.15, -0.1) is 0 Å². The highest BCUT2D eigenvalue weighted by atomic mass is 32.2. The molecule has 1 heterocycles. The summed E-state index contributed by atoms with van der Waals surface area (Å²) in [5.74, 6) is 0. The van der Waals surface area contributed by atoms with Gasteiger partial charge in [0.2, 0.25) is 0 Å². The molecule has 0 amide bonds. The summed E-state index contributed by atoms with van der Waals surface area (Å²) >= 11 is 2.00. The van der Waals surface area contributed by atoms with Crippen LogP contribution in [0.15, 0.2) is 77.7 Å². The summed E-state index contributed by atoms with van der Waals surface area (Å²) in [5.41, 5.74) is 6.88. The zero-order valence-electron chi connectivity index (χ0n) is 14.8. The van der Waals surface area contributed by atoms with Crippen molar-refractivity contribution >= 4 is 17.4 Å². The summed E-state index contributed by atoms with van der Waals surface area (Å²) in [6.07, 6.45) is 0. The monoisotopic (exact) mass is 343 g/mol. The third kappa shape index (κ3) is 1.71. The molecule has 0 N–H and O–H groups in total. The number of para-hydroxylation sites is 1. The van der Waals surface area contributed by atoms with Crippen LogP contribution in [0.3, 0.4) is 0 Å². The number of hydrogen-bond donors (Lipinski definition) is 0. The molecule has 2 heteroatoms. The molecule has 0 radical (unpaired) electrons. The molecule has 1 nitrogen and oxygen atoms in total. The van der Waals surface area contributed by atoms with Gasteiger partial charge in [0.15, 0.2) is 0 Å². The Labute approximate surface area is 153 Å². The zero-order chi connectivity index (χ0) is 17.2. The molecular formula is C23H21NS. The van der Waals surface area contributed by atoms with Crippen LogP contribution < -0.4 is 4.90 Å². The molecule has 0 saturated carbocycles. The van der Waals surface area contributed by atoms with Crippen molar-refractivity contribution < 1.29 is 0 Å². The topological polar surface area (TPSA) is 3.24 Å². The summed E-state index contributed by atoms with van der Waals surface area (Å²) in [4.78, 5) is 3.77. The molecular weight excluding hydrogens is 322 g/mol. The highest BCUT2D eigenvalue weighted by Crippen LogP contribution is 2.63. The summed E-state index contributed by atoms with van der Waals surface area (Å²) in [6.45, 7) is 4.82. The first-order chi connectivity index (χ1) is 12.1. The number of rotatable bonds is 1. The molecule has 1 aliphatic heterocycles. The van der Waals surface area contributed by atoms with E-state index in [9.17, 15) is 0 Å².